The lowest BCUT2D eigenvalue weighted by Crippen LogP contribution is -2.36. The van der Waals surface area contributed by atoms with Gasteiger partial charge in [-0.15, -0.1) is 0 Å². The van der Waals surface area contributed by atoms with Gasteiger partial charge in [0, 0.05) is 31.4 Å². The van der Waals surface area contributed by atoms with Crippen LogP contribution in [0.5, 0.6) is 0 Å². The number of nitrogens with zero attached hydrogens (tertiary/aromatic N) is 1. The molecule has 0 radical (unpaired) electrons. The molecule has 1 heterocycles. The second kappa shape index (κ2) is 6.53. The summed E-state index contributed by atoms with van der Waals surface area (Å²) in [5.74, 6) is -0.284. The van der Waals surface area contributed by atoms with Crippen LogP contribution < -0.4 is 10.6 Å². The first-order chi connectivity index (χ1) is 9.24. The van der Waals surface area contributed by atoms with E-state index in [2.05, 4.69) is 20.6 Å². The van der Waals surface area contributed by atoms with Crippen molar-refractivity contribution in [3.8, 4) is 0 Å². The highest BCUT2D eigenvalue weighted by molar-refractivity contribution is 5.73. The zero-order valence-electron chi connectivity index (χ0n) is 10.3. The van der Waals surface area contributed by atoms with Gasteiger partial charge in [-0.3, -0.25) is 0 Å². The van der Waals surface area contributed by atoms with E-state index in [0.717, 1.165) is 11.3 Å². The van der Waals surface area contributed by atoms with Gasteiger partial charge in [-0.25, -0.2) is 14.2 Å². The molecule has 0 aliphatic carbocycles. The highest BCUT2D eigenvalue weighted by Gasteiger charge is 2.01. The standard InChI is InChI=1S/C13H15FN4O/c14-11-3-1-10(2-4-11)7-17-13(19)16-6-5-12-8-15-9-18-12/h1-4,8-9H,5-7H2,(H,15,18)(H2,16,17,19). The molecule has 0 unspecified atom stereocenters. The molecule has 1 aromatic carbocycles. The van der Waals surface area contributed by atoms with Crippen LogP contribution in [0.1, 0.15) is 11.3 Å². The molecule has 0 fully saturated rings. The summed E-state index contributed by atoms with van der Waals surface area (Å²) in [5, 5.41) is 5.43. The largest absolute Gasteiger partial charge is 0.348 e. The molecule has 2 aromatic rings. The maximum Gasteiger partial charge on any atom is 0.315 e. The fourth-order valence-electron chi connectivity index (χ4n) is 1.58. The Kier molecular flexibility index (Phi) is 4.49. The van der Waals surface area contributed by atoms with Crippen molar-refractivity contribution in [1.29, 1.82) is 0 Å². The molecule has 0 saturated carbocycles. The summed E-state index contributed by atoms with van der Waals surface area (Å²) in [6.07, 6.45) is 4.02. The maximum absolute atomic E-state index is 12.7. The third-order valence-electron chi connectivity index (χ3n) is 2.60. The molecule has 2 rings (SSSR count). The van der Waals surface area contributed by atoms with E-state index in [1.54, 1.807) is 24.7 Å². The van der Waals surface area contributed by atoms with Crippen LogP contribution in [0.4, 0.5) is 9.18 Å². The predicted octanol–water partition coefficient (Wildman–Crippen LogP) is 1.59. The Bertz CT molecular complexity index is 510. The topological polar surface area (TPSA) is 69.8 Å². The van der Waals surface area contributed by atoms with E-state index in [9.17, 15) is 9.18 Å². The summed E-state index contributed by atoms with van der Waals surface area (Å²) < 4.78 is 12.7. The lowest BCUT2D eigenvalue weighted by Gasteiger charge is -2.07. The van der Waals surface area contributed by atoms with Crippen molar-refractivity contribution in [1.82, 2.24) is 20.6 Å². The van der Waals surface area contributed by atoms with Crippen molar-refractivity contribution in [2.45, 2.75) is 13.0 Å². The normalized spacial score (nSPS) is 10.2. The number of rotatable bonds is 5. The van der Waals surface area contributed by atoms with Crippen molar-refractivity contribution in [3.63, 3.8) is 0 Å². The van der Waals surface area contributed by atoms with Crippen LogP contribution in [-0.2, 0) is 13.0 Å². The van der Waals surface area contributed by atoms with Gasteiger partial charge in [0.05, 0.1) is 6.33 Å². The maximum atomic E-state index is 12.7. The van der Waals surface area contributed by atoms with E-state index in [1.807, 2.05) is 0 Å². The number of urea groups is 1. The Labute approximate surface area is 110 Å². The Balaban J connectivity index is 1.65. The third-order valence-corrected chi connectivity index (χ3v) is 2.60. The number of hydrogen-bond donors (Lipinski definition) is 3. The van der Waals surface area contributed by atoms with Crippen molar-refractivity contribution >= 4 is 6.03 Å². The minimum Gasteiger partial charge on any atom is -0.348 e. The van der Waals surface area contributed by atoms with E-state index < -0.39 is 0 Å². The molecular formula is C13H15FN4O. The Morgan fingerprint density at radius 2 is 2.05 bits per heavy atom. The first-order valence-electron chi connectivity index (χ1n) is 5.97. The van der Waals surface area contributed by atoms with Crippen molar-refractivity contribution in [2.75, 3.05) is 6.54 Å². The van der Waals surface area contributed by atoms with Gasteiger partial charge in [-0.1, -0.05) is 12.1 Å². The first kappa shape index (κ1) is 13.1. The Morgan fingerprint density at radius 3 is 2.74 bits per heavy atom. The highest BCUT2D eigenvalue weighted by atomic mass is 19.1. The van der Waals surface area contributed by atoms with Gasteiger partial charge in [0.1, 0.15) is 5.82 Å². The minimum atomic E-state index is -0.284. The van der Waals surface area contributed by atoms with Crippen LogP contribution >= 0.6 is 0 Å². The van der Waals surface area contributed by atoms with Gasteiger partial charge >= 0.3 is 6.03 Å². The lowest BCUT2D eigenvalue weighted by molar-refractivity contribution is 0.240. The van der Waals surface area contributed by atoms with Gasteiger partial charge < -0.3 is 15.6 Å². The van der Waals surface area contributed by atoms with Crippen LogP contribution in [-0.4, -0.2) is 22.5 Å². The molecule has 2 amide bonds. The van der Waals surface area contributed by atoms with E-state index in [-0.39, 0.29) is 11.8 Å². The molecule has 5 nitrogen and oxygen atoms in total. The van der Waals surface area contributed by atoms with Gasteiger partial charge in [-0.2, -0.15) is 0 Å². The summed E-state index contributed by atoms with van der Waals surface area (Å²) in [7, 11) is 0. The van der Waals surface area contributed by atoms with Crippen LogP contribution in [0.3, 0.4) is 0 Å². The molecule has 1 aromatic heterocycles. The molecule has 0 bridgehead atoms. The number of H-pyrrole nitrogens is 1. The number of benzene rings is 1. The number of hydrogen-bond acceptors (Lipinski definition) is 2. The van der Waals surface area contributed by atoms with E-state index in [1.165, 1.54) is 12.1 Å². The number of carbonyl (C=O) groups is 1. The van der Waals surface area contributed by atoms with Crippen molar-refractivity contribution in [2.24, 2.45) is 0 Å². The lowest BCUT2D eigenvalue weighted by atomic mass is 10.2. The second-order valence-electron chi connectivity index (χ2n) is 4.06. The first-order valence-corrected chi connectivity index (χ1v) is 5.97. The zero-order chi connectivity index (χ0) is 13.5. The number of halogens is 1. The molecule has 0 spiro atoms. The molecule has 0 atom stereocenters. The zero-order valence-corrected chi connectivity index (χ0v) is 10.3. The van der Waals surface area contributed by atoms with E-state index in [4.69, 9.17) is 0 Å². The minimum absolute atomic E-state index is 0.246. The van der Waals surface area contributed by atoms with Crippen LogP contribution in [0.2, 0.25) is 0 Å². The van der Waals surface area contributed by atoms with Gasteiger partial charge in [-0.05, 0) is 17.7 Å². The second-order valence-corrected chi connectivity index (χ2v) is 4.06. The summed E-state index contributed by atoms with van der Waals surface area (Å²) in [5.41, 5.74) is 1.82. The molecule has 3 N–H and O–H groups in total. The highest BCUT2D eigenvalue weighted by Crippen LogP contribution is 2.01. The van der Waals surface area contributed by atoms with E-state index >= 15 is 0 Å². The van der Waals surface area contributed by atoms with Gasteiger partial charge in [0.2, 0.25) is 0 Å². The monoisotopic (exact) mass is 262 g/mol. The quantitative estimate of drug-likeness (QED) is 0.766. The number of amides is 2. The summed E-state index contributed by atoms with van der Waals surface area (Å²) >= 11 is 0. The number of aromatic nitrogens is 2. The number of aromatic amines is 1. The molecular weight excluding hydrogens is 247 g/mol. The Hall–Kier alpha value is -2.37. The van der Waals surface area contributed by atoms with Crippen molar-refractivity contribution < 1.29 is 9.18 Å². The molecule has 0 aliphatic rings. The van der Waals surface area contributed by atoms with Crippen LogP contribution in [0.25, 0.3) is 0 Å². The molecule has 100 valence electrons. The average Bonchev–Trinajstić information content (AvgIpc) is 2.91. The predicted molar refractivity (Wildman–Crippen MR) is 68.9 cm³/mol. The SMILES string of the molecule is O=C(NCCc1cnc[nH]1)NCc1ccc(F)cc1. The summed E-state index contributed by atoms with van der Waals surface area (Å²) in [6, 6.07) is 5.77. The van der Waals surface area contributed by atoms with Crippen LogP contribution in [0, 0.1) is 5.82 Å². The Morgan fingerprint density at radius 1 is 1.26 bits per heavy atom. The van der Waals surface area contributed by atoms with Gasteiger partial charge in [0.15, 0.2) is 0 Å². The number of nitrogens with one attached hydrogen (secondary N) is 3. The molecule has 19 heavy (non-hydrogen) atoms. The summed E-state index contributed by atoms with van der Waals surface area (Å²) in [6.45, 7) is 0.896. The molecule has 0 saturated heterocycles. The number of carbonyl (C=O) groups excluding carboxylic acids is 1. The average molecular weight is 262 g/mol. The third kappa shape index (κ3) is 4.42. The fourth-order valence-corrected chi connectivity index (χ4v) is 1.58. The smallest absolute Gasteiger partial charge is 0.315 e. The molecule has 0 aliphatic heterocycles. The number of imidazole rings is 1. The summed E-state index contributed by atoms with van der Waals surface area (Å²) in [4.78, 5) is 18.3. The van der Waals surface area contributed by atoms with E-state index in [0.29, 0.717) is 19.5 Å². The van der Waals surface area contributed by atoms with Gasteiger partial charge in [0.25, 0.3) is 0 Å². The van der Waals surface area contributed by atoms with Crippen molar-refractivity contribution in [3.05, 3.63) is 53.9 Å². The van der Waals surface area contributed by atoms with Crippen LogP contribution in [0.15, 0.2) is 36.8 Å². The molecule has 6 heteroatoms. The fraction of sp³-hybridized carbons (Fsp3) is 0.231.